The Balaban J connectivity index is 2.46. The van der Waals surface area contributed by atoms with Crippen LogP contribution >= 0.6 is 0 Å². The molecule has 0 unspecified atom stereocenters. The third kappa shape index (κ3) is 1.22. The van der Waals surface area contributed by atoms with Crippen LogP contribution in [0.4, 0.5) is 0 Å². The quantitative estimate of drug-likeness (QED) is 0.499. The van der Waals surface area contributed by atoms with Gasteiger partial charge in [0.1, 0.15) is 0 Å². The maximum Gasteiger partial charge on any atom is 0.338 e. The van der Waals surface area contributed by atoms with Crippen molar-refractivity contribution in [2.24, 2.45) is 5.41 Å². The molecular formula is C12H17NO3. The monoisotopic (exact) mass is 223 g/mol. The Morgan fingerprint density at radius 2 is 2.12 bits per heavy atom. The molecule has 0 aliphatic carbocycles. The Morgan fingerprint density at radius 1 is 1.50 bits per heavy atom. The molecule has 0 aromatic rings. The normalized spacial score (nSPS) is 33.9. The van der Waals surface area contributed by atoms with Crippen LogP contribution in [0.1, 0.15) is 33.6 Å². The first kappa shape index (κ1) is 11.2. The second kappa shape index (κ2) is 3.09. The number of hydrogen-bond donors (Lipinski definition) is 0. The molecule has 16 heavy (non-hydrogen) atoms. The lowest BCUT2D eigenvalue weighted by Crippen LogP contribution is -2.49. The van der Waals surface area contributed by atoms with Gasteiger partial charge in [0.15, 0.2) is 11.8 Å². The molecule has 2 rings (SSSR count). The molecule has 88 valence electrons. The van der Waals surface area contributed by atoms with Crippen LogP contribution in [-0.2, 0) is 14.3 Å². The number of ether oxygens (including phenoxy) is 1. The van der Waals surface area contributed by atoms with Crippen molar-refractivity contribution < 1.29 is 14.3 Å². The molecule has 0 aromatic heterocycles. The number of amides is 1. The Kier molecular flexibility index (Phi) is 2.16. The van der Waals surface area contributed by atoms with E-state index >= 15 is 0 Å². The maximum absolute atomic E-state index is 11.9. The molecule has 4 nitrogen and oxygen atoms in total. The SMILES string of the molecule is C=C[C@@]12CCC(=O)N1[C@@H](C(C)(C)C)OC2=O. The minimum absolute atomic E-state index is 0.0225. The molecule has 2 atom stereocenters. The van der Waals surface area contributed by atoms with Crippen molar-refractivity contribution in [3.05, 3.63) is 12.7 Å². The van der Waals surface area contributed by atoms with Crippen LogP contribution in [0.5, 0.6) is 0 Å². The first-order chi connectivity index (χ1) is 7.33. The van der Waals surface area contributed by atoms with Gasteiger partial charge in [-0.15, -0.1) is 6.58 Å². The highest BCUT2D eigenvalue weighted by Crippen LogP contribution is 2.45. The van der Waals surface area contributed by atoms with E-state index in [2.05, 4.69) is 6.58 Å². The van der Waals surface area contributed by atoms with Crippen LogP contribution in [-0.4, -0.2) is 28.5 Å². The molecule has 2 fully saturated rings. The Morgan fingerprint density at radius 3 is 2.62 bits per heavy atom. The van der Waals surface area contributed by atoms with E-state index in [4.69, 9.17) is 4.74 Å². The van der Waals surface area contributed by atoms with Gasteiger partial charge in [-0.25, -0.2) is 4.79 Å². The maximum atomic E-state index is 11.9. The topological polar surface area (TPSA) is 46.6 Å². The Labute approximate surface area is 95.2 Å². The molecule has 0 bridgehead atoms. The van der Waals surface area contributed by atoms with E-state index in [1.165, 1.54) is 0 Å². The zero-order chi connectivity index (χ0) is 12.1. The summed E-state index contributed by atoms with van der Waals surface area (Å²) >= 11 is 0. The van der Waals surface area contributed by atoms with Crippen molar-refractivity contribution in [1.82, 2.24) is 4.90 Å². The smallest absolute Gasteiger partial charge is 0.338 e. The van der Waals surface area contributed by atoms with E-state index in [0.717, 1.165) is 0 Å². The van der Waals surface area contributed by atoms with Crippen molar-refractivity contribution in [2.45, 2.75) is 45.4 Å². The first-order valence-corrected chi connectivity index (χ1v) is 5.50. The Hall–Kier alpha value is -1.32. The van der Waals surface area contributed by atoms with Crippen LogP contribution in [0.25, 0.3) is 0 Å². The van der Waals surface area contributed by atoms with E-state index < -0.39 is 11.8 Å². The van der Waals surface area contributed by atoms with E-state index in [0.29, 0.717) is 12.8 Å². The fraction of sp³-hybridized carbons (Fsp3) is 0.667. The molecule has 0 spiro atoms. The van der Waals surface area contributed by atoms with E-state index in [1.807, 2.05) is 20.8 Å². The lowest BCUT2D eigenvalue weighted by Gasteiger charge is -2.34. The van der Waals surface area contributed by atoms with Gasteiger partial charge in [0.05, 0.1) is 0 Å². The molecule has 1 amide bonds. The molecule has 2 heterocycles. The first-order valence-electron chi connectivity index (χ1n) is 5.50. The van der Waals surface area contributed by atoms with E-state index in [1.54, 1.807) is 11.0 Å². The van der Waals surface area contributed by atoms with Gasteiger partial charge in [-0.2, -0.15) is 0 Å². The van der Waals surface area contributed by atoms with Gasteiger partial charge >= 0.3 is 5.97 Å². The minimum Gasteiger partial charge on any atom is -0.439 e. The molecule has 2 aliphatic rings. The number of esters is 1. The summed E-state index contributed by atoms with van der Waals surface area (Å²) in [4.78, 5) is 25.4. The van der Waals surface area contributed by atoms with Crippen molar-refractivity contribution in [3.8, 4) is 0 Å². The van der Waals surface area contributed by atoms with Crippen molar-refractivity contribution in [3.63, 3.8) is 0 Å². The van der Waals surface area contributed by atoms with E-state index in [9.17, 15) is 9.59 Å². The summed E-state index contributed by atoms with van der Waals surface area (Å²) in [5.41, 5.74) is -1.19. The summed E-state index contributed by atoms with van der Waals surface area (Å²) in [6.45, 7) is 9.54. The van der Waals surface area contributed by atoms with Crippen LogP contribution in [0.15, 0.2) is 12.7 Å². The third-order valence-corrected chi connectivity index (χ3v) is 3.30. The highest BCUT2D eigenvalue weighted by Gasteiger charge is 2.61. The summed E-state index contributed by atoms with van der Waals surface area (Å²) in [6, 6.07) is 0. The van der Waals surface area contributed by atoms with Crippen molar-refractivity contribution in [1.29, 1.82) is 0 Å². The summed E-state index contributed by atoms with van der Waals surface area (Å²) in [6.07, 6.45) is 1.95. The second-order valence-electron chi connectivity index (χ2n) is 5.52. The molecular weight excluding hydrogens is 206 g/mol. The van der Waals surface area contributed by atoms with Crippen molar-refractivity contribution >= 4 is 11.9 Å². The fourth-order valence-electron chi connectivity index (χ4n) is 2.41. The molecule has 4 heteroatoms. The summed E-state index contributed by atoms with van der Waals surface area (Å²) in [5.74, 6) is -0.362. The largest absolute Gasteiger partial charge is 0.439 e. The second-order valence-corrected chi connectivity index (χ2v) is 5.52. The van der Waals surface area contributed by atoms with Gasteiger partial charge < -0.3 is 4.74 Å². The highest BCUT2D eigenvalue weighted by atomic mass is 16.6. The standard InChI is InChI=1S/C12H17NO3/c1-5-12-7-6-8(14)13(12)9(11(2,3)4)16-10(12)15/h5,9H,1,6-7H2,2-4H3/t9-,12+/m1/s1. The van der Waals surface area contributed by atoms with Gasteiger partial charge in [0, 0.05) is 11.8 Å². The molecule has 2 saturated heterocycles. The average molecular weight is 223 g/mol. The average Bonchev–Trinajstić information content (AvgIpc) is 2.65. The number of nitrogens with zero attached hydrogens (tertiary/aromatic N) is 1. The molecule has 0 radical (unpaired) electrons. The van der Waals surface area contributed by atoms with Crippen LogP contribution < -0.4 is 0 Å². The van der Waals surface area contributed by atoms with Crippen molar-refractivity contribution in [2.75, 3.05) is 0 Å². The predicted octanol–water partition coefficient (Wildman–Crippen LogP) is 1.46. The van der Waals surface area contributed by atoms with E-state index in [-0.39, 0.29) is 17.3 Å². The number of rotatable bonds is 1. The summed E-state index contributed by atoms with van der Waals surface area (Å²) < 4.78 is 5.35. The lowest BCUT2D eigenvalue weighted by molar-refractivity contribution is -0.151. The minimum atomic E-state index is -0.908. The van der Waals surface area contributed by atoms with Gasteiger partial charge in [-0.1, -0.05) is 26.8 Å². The number of fused-ring (bicyclic) bond motifs is 1. The zero-order valence-electron chi connectivity index (χ0n) is 9.95. The van der Waals surface area contributed by atoms with Crippen LogP contribution in [0, 0.1) is 5.41 Å². The molecule has 0 N–H and O–H groups in total. The van der Waals surface area contributed by atoms with Gasteiger partial charge in [-0.3, -0.25) is 9.69 Å². The summed E-state index contributed by atoms with van der Waals surface area (Å²) in [5, 5.41) is 0. The third-order valence-electron chi connectivity index (χ3n) is 3.30. The fourth-order valence-corrected chi connectivity index (χ4v) is 2.41. The molecule has 0 saturated carbocycles. The Bertz CT molecular complexity index is 369. The molecule has 2 aliphatic heterocycles. The lowest BCUT2D eigenvalue weighted by atomic mass is 9.91. The van der Waals surface area contributed by atoms with Crippen LogP contribution in [0.3, 0.4) is 0 Å². The van der Waals surface area contributed by atoms with Gasteiger partial charge in [0.2, 0.25) is 5.91 Å². The number of cyclic esters (lactones) is 1. The van der Waals surface area contributed by atoms with Gasteiger partial charge in [0.25, 0.3) is 0 Å². The number of carbonyl (C=O) groups excluding carboxylic acids is 2. The summed E-state index contributed by atoms with van der Waals surface area (Å²) in [7, 11) is 0. The number of carbonyl (C=O) groups is 2. The van der Waals surface area contributed by atoms with Gasteiger partial charge in [-0.05, 0) is 6.42 Å². The predicted molar refractivity (Wildman–Crippen MR) is 58.3 cm³/mol. The zero-order valence-corrected chi connectivity index (χ0v) is 9.95. The number of hydrogen-bond acceptors (Lipinski definition) is 3. The highest BCUT2D eigenvalue weighted by molar-refractivity contribution is 5.96. The van der Waals surface area contributed by atoms with Crippen LogP contribution in [0.2, 0.25) is 0 Å². The molecule has 0 aromatic carbocycles.